The van der Waals surface area contributed by atoms with Gasteiger partial charge in [-0.15, -0.1) is 0 Å². The van der Waals surface area contributed by atoms with Gasteiger partial charge in [0.05, 0.1) is 0 Å². The Morgan fingerprint density at radius 2 is 2.26 bits per heavy atom. The zero-order chi connectivity index (χ0) is 13.8. The number of halogens is 1. The van der Waals surface area contributed by atoms with Crippen LogP contribution in [0.5, 0.6) is 0 Å². The monoisotopic (exact) mass is 281 g/mol. The third kappa shape index (κ3) is 3.61. The number of carbonyl (C=O) groups excluding carboxylic acids is 1. The summed E-state index contributed by atoms with van der Waals surface area (Å²) in [6, 6.07) is 3.97. The zero-order valence-electron chi connectivity index (χ0n) is 11.3. The molecule has 0 unspecified atom stereocenters. The summed E-state index contributed by atoms with van der Waals surface area (Å²) in [5.74, 6) is 0. The van der Waals surface area contributed by atoms with Gasteiger partial charge in [0.1, 0.15) is 0 Å². The van der Waals surface area contributed by atoms with Gasteiger partial charge >= 0.3 is 6.03 Å². The van der Waals surface area contributed by atoms with Crippen molar-refractivity contribution in [2.24, 2.45) is 0 Å². The van der Waals surface area contributed by atoms with E-state index in [9.17, 15) is 4.79 Å². The lowest BCUT2D eigenvalue weighted by Gasteiger charge is -2.15. The van der Waals surface area contributed by atoms with Crippen LogP contribution in [0.25, 0.3) is 0 Å². The molecule has 1 fully saturated rings. The summed E-state index contributed by atoms with van der Waals surface area (Å²) in [5, 5.41) is 9.78. The highest BCUT2D eigenvalue weighted by Crippen LogP contribution is 2.26. The number of anilines is 1. The Bertz CT molecular complexity index is 470. The van der Waals surface area contributed by atoms with Gasteiger partial charge in [0.25, 0.3) is 0 Å². The number of carbonyl (C=O) groups is 1. The van der Waals surface area contributed by atoms with E-state index in [1.54, 1.807) is 0 Å². The molecule has 2 rings (SSSR count). The Morgan fingerprint density at radius 3 is 2.95 bits per heavy atom. The Morgan fingerprint density at radius 1 is 1.47 bits per heavy atom. The molecule has 5 heteroatoms. The van der Waals surface area contributed by atoms with Crippen molar-refractivity contribution < 1.29 is 4.79 Å². The number of rotatable bonds is 3. The maximum Gasteiger partial charge on any atom is 0.319 e. The normalized spacial score (nSPS) is 18.4. The fraction of sp³-hybridized carbons (Fsp3) is 0.500. The SMILES string of the molecule is Cc1ccc(Cl)c(C)c1NC(=O)NC[C@@H]1CCCN1. The lowest BCUT2D eigenvalue weighted by molar-refractivity contribution is 0.251. The van der Waals surface area contributed by atoms with Crippen LogP contribution in [0, 0.1) is 13.8 Å². The fourth-order valence-corrected chi connectivity index (χ4v) is 2.48. The second kappa shape index (κ2) is 6.26. The second-order valence-electron chi connectivity index (χ2n) is 4.99. The first-order valence-electron chi connectivity index (χ1n) is 6.62. The molecule has 4 nitrogen and oxygen atoms in total. The quantitative estimate of drug-likeness (QED) is 0.798. The van der Waals surface area contributed by atoms with E-state index in [1.807, 2.05) is 26.0 Å². The van der Waals surface area contributed by atoms with Crippen molar-refractivity contribution in [1.82, 2.24) is 10.6 Å². The van der Waals surface area contributed by atoms with E-state index in [2.05, 4.69) is 16.0 Å². The molecule has 104 valence electrons. The van der Waals surface area contributed by atoms with Gasteiger partial charge in [-0.2, -0.15) is 0 Å². The van der Waals surface area contributed by atoms with Crippen LogP contribution in [0.15, 0.2) is 12.1 Å². The average Bonchev–Trinajstić information content (AvgIpc) is 2.90. The summed E-state index contributed by atoms with van der Waals surface area (Å²) in [7, 11) is 0. The van der Waals surface area contributed by atoms with Gasteiger partial charge in [-0.1, -0.05) is 17.7 Å². The lowest BCUT2D eigenvalue weighted by atomic mass is 10.1. The van der Waals surface area contributed by atoms with Crippen molar-refractivity contribution in [1.29, 1.82) is 0 Å². The molecule has 1 saturated heterocycles. The average molecular weight is 282 g/mol. The first kappa shape index (κ1) is 14.2. The fourth-order valence-electron chi connectivity index (χ4n) is 2.32. The number of amides is 2. The molecule has 3 N–H and O–H groups in total. The molecule has 1 aliphatic rings. The minimum absolute atomic E-state index is 0.179. The van der Waals surface area contributed by atoms with Crippen LogP contribution >= 0.6 is 11.6 Å². The van der Waals surface area contributed by atoms with Crippen molar-refractivity contribution in [3.63, 3.8) is 0 Å². The highest BCUT2D eigenvalue weighted by molar-refractivity contribution is 6.31. The minimum atomic E-state index is -0.179. The van der Waals surface area contributed by atoms with E-state index in [0.717, 1.165) is 29.8 Å². The predicted molar refractivity (Wildman–Crippen MR) is 79.0 cm³/mol. The number of hydrogen-bond acceptors (Lipinski definition) is 2. The van der Waals surface area contributed by atoms with Crippen molar-refractivity contribution in [2.45, 2.75) is 32.7 Å². The standard InChI is InChI=1S/C14H20ClN3O/c1-9-5-6-12(15)10(2)13(9)18-14(19)17-8-11-4-3-7-16-11/h5-6,11,16H,3-4,7-8H2,1-2H3,(H2,17,18,19)/t11-/m0/s1. The summed E-state index contributed by atoms with van der Waals surface area (Å²) in [6.45, 7) is 5.56. The van der Waals surface area contributed by atoms with Crippen molar-refractivity contribution in [2.75, 3.05) is 18.4 Å². The Balaban J connectivity index is 1.93. The van der Waals surface area contributed by atoms with Crippen molar-refractivity contribution >= 4 is 23.3 Å². The van der Waals surface area contributed by atoms with Gasteiger partial charge in [0.2, 0.25) is 0 Å². The Hall–Kier alpha value is -1.26. The summed E-state index contributed by atoms with van der Waals surface area (Å²) in [6.07, 6.45) is 2.30. The van der Waals surface area contributed by atoms with Gasteiger partial charge in [-0.05, 0) is 50.4 Å². The molecule has 0 aliphatic carbocycles. The van der Waals surface area contributed by atoms with Gasteiger partial charge in [0.15, 0.2) is 0 Å². The van der Waals surface area contributed by atoms with Gasteiger partial charge in [0, 0.05) is 23.3 Å². The summed E-state index contributed by atoms with van der Waals surface area (Å²) in [5.41, 5.74) is 2.70. The second-order valence-corrected chi connectivity index (χ2v) is 5.40. The molecule has 19 heavy (non-hydrogen) atoms. The first-order chi connectivity index (χ1) is 9.08. The van der Waals surface area contributed by atoms with Crippen LogP contribution < -0.4 is 16.0 Å². The summed E-state index contributed by atoms with van der Waals surface area (Å²) < 4.78 is 0. The molecule has 0 bridgehead atoms. The maximum atomic E-state index is 11.9. The van der Waals surface area contributed by atoms with E-state index in [0.29, 0.717) is 17.6 Å². The number of benzene rings is 1. The molecule has 1 atom stereocenters. The van der Waals surface area contributed by atoms with Gasteiger partial charge in [-0.3, -0.25) is 0 Å². The first-order valence-corrected chi connectivity index (χ1v) is 6.99. The molecular weight excluding hydrogens is 262 g/mol. The Labute approximate surface area is 118 Å². The van der Waals surface area contributed by atoms with E-state index >= 15 is 0 Å². The van der Waals surface area contributed by atoms with Crippen LogP contribution in [-0.4, -0.2) is 25.2 Å². The van der Waals surface area contributed by atoms with E-state index in [-0.39, 0.29) is 6.03 Å². The van der Waals surface area contributed by atoms with E-state index < -0.39 is 0 Å². The summed E-state index contributed by atoms with van der Waals surface area (Å²) >= 11 is 6.07. The number of urea groups is 1. The molecule has 2 amide bonds. The number of hydrogen-bond donors (Lipinski definition) is 3. The number of aryl methyl sites for hydroxylation is 1. The summed E-state index contributed by atoms with van der Waals surface area (Å²) in [4.78, 5) is 11.9. The smallest absolute Gasteiger partial charge is 0.319 e. The maximum absolute atomic E-state index is 11.9. The lowest BCUT2D eigenvalue weighted by Crippen LogP contribution is -2.39. The topological polar surface area (TPSA) is 53.2 Å². The van der Waals surface area contributed by atoms with Crippen LogP contribution in [0.2, 0.25) is 5.02 Å². The predicted octanol–water partition coefficient (Wildman–Crippen LogP) is 2.83. The van der Waals surface area contributed by atoms with E-state index in [4.69, 9.17) is 11.6 Å². The van der Waals surface area contributed by atoms with Gasteiger partial charge < -0.3 is 16.0 Å². The molecule has 1 aromatic carbocycles. The Kier molecular flexibility index (Phi) is 4.66. The molecule has 0 saturated carbocycles. The molecule has 1 aliphatic heterocycles. The molecule has 0 aromatic heterocycles. The molecular formula is C14H20ClN3O. The molecule has 0 spiro atoms. The zero-order valence-corrected chi connectivity index (χ0v) is 12.1. The molecule has 1 heterocycles. The molecule has 0 radical (unpaired) electrons. The minimum Gasteiger partial charge on any atom is -0.336 e. The van der Waals surface area contributed by atoms with E-state index in [1.165, 1.54) is 6.42 Å². The van der Waals surface area contributed by atoms with Crippen LogP contribution in [0.1, 0.15) is 24.0 Å². The highest BCUT2D eigenvalue weighted by atomic mass is 35.5. The third-order valence-electron chi connectivity index (χ3n) is 3.52. The highest BCUT2D eigenvalue weighted by Gasteiger charge is 2.15. The number of nitrogens with one attached hydrogen (secondary N) is 3. The van der Waals surface area contributed by atoms with Crippen molar-refractivity contribution in [3.05, 3.63) is 28.3 Å². The van der Waals surface area contributed by atoms with Crippen LogP contribution in [-0.2, 0) is 0 Å². The van der Waals surface area contributed by atoms with Crippen LogP contribution in [0.3, 0.4) is 0 Å². The third-order valence-corrected chi connectivity index (χ3v) is 3.93. The molecule has 1 aromatic rings. The van der Waals surface area contributed by atoms with Crippen molar-refractivity contribution in [3.8, 4) is 0 Å². The largest absolute Gasteiger partial charge is 0.336 e. The van der Waals surface area contributed by atoms with Gasteiger partial charge in [-0.25, -0.2) is 4.79 Å². The van der Waals surface area contributed by atoms with Crippen LogP contribution in [0.4, 0.5) is 10.5 Å².